The molecule has 1 rings (SSSR count). The van der Waals surface area contributed by atoms with Crippen molar-refractivity contribution in [1.29, 1.82) is 0 Å². The molecule has 6 nitrogen and oxygen atoms in total. The fraction of sp³-hybridized carbons (Fsp3) is 0.923. The van der Waals surface area contributed by atoms with Gasteiger partial charge in [0.05, 0.1) is 12.3 Å². The van der Waals surface area contributed by atoms with Crippen molar-refractivity contribution in [2.75, 3.05) is 38.5 Å². The van der Waals surface area contributed by atoms with Crippen LogP contribution in [-0.2, 0) is 14.8 Å². The summed E-state index contributed by atoms with van der Waals surface area (Å²) >= 11 is 0. The molecule has 1 saturated heterocycles. The molecule has 0 aromatic heterocycles. The van der Waals surface area contributed by atoms with Gasteiger partial charge in [-0.1, -0.05) is 13.8 Å². The van der Waals surface area contributed by atoms with E-state index in [2.05, 4.69) is 12.2 Å². The van der Waals surface area contributed by atoms with E-state index in [0.717, 1.165) is 6.42 Å². The molecule has 1 unspecified atom stereocenters. The number of rotatable bonds is 7. The summed E-state index contributed by atoms with van der Waals surface area (Å²) in [6.45, 7) is 8.11. The molecule has 0 bridgehead atoms. The fourth-order valence-corrected chi connectivity index (χ4v) is 3.61. The Labute approximate surface area is 122 Å². The van der Waals surface area contributed by atoms with Crippen molar-refractivity contribution in [2.45, 2.75) is 39.7 Å². The highest BCUT2D eigenvalue weighted by Crippen LogP contribution is 2.09. The summed E-state index contributed by atoms with van der Waals surface area (Å²) in [7, 11) is -3.13. The molecule has 1 fully saturated rings. The number of nitrogens with zero attached hydrogens (tertiary/aromatic N) is 2. The van der Waals surface area contributed by atoms with Crippen molar-refractivity contribution in [3.63, 3.8) is 0 Å². The Bertz CT molecular complexity index is 403. The highest BCUT2D eigenvalue weighted by molar-refractivity contribution is 7.89. The smallest absolute Gasteiger partial charge is 0.236 e. The van der Waals surface area contributed by atoms with Crippen LogP contribution in [0.3, 0.4) is 0 Å². The highest BCUT2D eigenvalue weighted by Gasteiger charge is 2.27. The van der Waals surface area contributed by atoms with Gasteiger partial charge < -0.3 is 10.2 Å². The first-order chi connectivity index (χ1) is 9.40. The average molecular weight is 305 g/mol. The maximum atomic E-state index is 12.0. The van der Waals surface area contributed by atoms with Crippen molar-refractivity contribution in [3.05, 3.63) is 0 Å². The van der Waals surface area contributed by atoms with Crippen LogP contribution in [0, 0.1) is 0 Å². The van der Waals surface area contributed by atoms with Crippen molar-refractivity contribution >= 4 is 15.9 Å². The second kappa shape index (κ2) is 7.95. The van der Waals surface area contributed by atoms with E-state index in [0.29, 0.717) is 45.2 Å². The Morgan fingerprint density at radius 1 is 1.20 bits per heavy atom. The van der Waals surface area contributed by atoms with Gasteiger partial charge in [-0.05, 0) is 19.8 Å². The van der Waals surface area contributed by atoms with Gasteiger partial charge in [0.15, 0.2) is 0 Å². The molecule has 0 spiro atoms. The lowest BCUT2D eigenvalue weighted by Gasteiger charge is -2.34. The van der Waals surface area contributed by atoms with E-state index >= 15 is 0 Å². The van der Waals surface area contributed by atoms with Crippen LogP contribution in [0.15, 0.2) is 0 Å². The number of nitrogens with one attached hydrogen (secondary N) is 1. The number of piperazine rings is 1. The predicted octanol–water partition coefficient (Wildman–Crippen LogP) is 0.259. The van der Waals surface area contributed by atoms with Crippen LogP contribution in [0.5, 0.6) is 0 Å². The SMILES string of the molecule is CCCS(=O)(=O)N1CCN(C(=O)CNC(C)CC)CC1. The molecule has 7 heteroatoms. The van der Waals surface area contributed by atoms with E-state index < -0.39 is 10.0 Å². The number of hydrogen-bond donors (Lipinski definition) is 1. The minimum Gasteiger partial charge on any atom is -0.339 e. The molecule has 20 heavy (non-hydrogen) atoms. The number of hydrogen-bond acceptors (Lipinski definition) is 4. The summed E-state index contributed by atoms with van der Waals surface area (Å²) in [5.41, 5.74) is 0. The van der Waals surface area contributed by atoms with Gasteiger partial charge in [-0.3, -0.25) is 4.79 Å². The summed E-state index contributed by atoms with van der Waals surface area (Å²) in [6, 6.07) is 0.324. The first kappa shape index (κ1) is 17.4. The topological polar surface area (TPSA) is 69.7 Å². The van der Waals surface area contributed by atoms with Gasteiger partial charge in [-0.2, -0.15) is 4.31 Å². The van der Waals surface area contributed by atoms with E-state index in [-0.39, 0.29) is 11.7 Å². The first-order valence-electron chi connectivity index (χ1n) is 7.39. The van der Waals surface area contributed by atoms with Crippen LogP contribution in [0.1, 0.15) is 33.6 Å². The van der Waals surface area contributed by atoms with Crippen molar-refractivity contribution in [1.82, 2.24) is 14.5 Å². The average Bonchev–Trinajstić information content (AvgIpc) is 2.44. The monoisotopic (exact) mass is 305 g/mol. The normalized spacial score (nSPS) is 19.1. The highest BCUT2D eigenvalue weighted by atomic mass is 32.2. The second-order valence-electron chi connectivity index (χ2n) is 5.29. The third kappa shape index (κ3) is 5.03. The largest absolute Gasteiger partial charge is 0.339 e. The molecular weight excluding hydrogens is 278 g/mol. The molecular formula is C13H27N3O3S. The molecule has 118 valence electrons. The number of amides is 1. The predicted molar refractivity (Wildman–Crippen MR) is 80.0 cm³/mol. The van der Waals surface area contributed by atoms with Crippen LogP contribution in [-0.4, -0.2) is 68.0 Å². The van der Waals surface area contributed by atoms with E-state index in [1.165, 1.54) is 4.31 Å². The fourth-order valence-electron chi connectivity index (χ4n) is 2.12. The molecule has 1 aliphatic heterocycles. The van der Waals surface area contributed by atoms with Crippen molar-refractivity contribution in [2.24, 2.45) is 0 Å². The van der Waals surface area contributed by atoms with Crippen LogP contribution in [0.4, 0.5) is 0 Å². The molecule has 1 atom stereocenters. The molecule has 0 aliphatic carbocycles. The van der Waals surface area contributed by atoms with Crippen LogP contribution >= 0.6 is 0 Å². The van der Waals surface area contributed by atoms with Gasteiger partial charge in [-0.25, -0.2) is 8.42 Å². The Morgan fingerprint density at radius 2 is 1.80 bits per heavy atom. The van der Waals surface area contributed by atoms with Crippen LogP contribution < -0.4 is 5.32 Å². The standard InChI is InChI=1S/C13H27N3O3S/c1-4-10-20(18,19)16-8-6-15(7-9-16)13(17)11-14-12(3)5-2/h12,14H,4-11H2,1-3H3. The lowest BCUT2D eigenvalue weighted by Crippen LogP contribution is -2.53. The Hall–Kier alpha value is -0.660. The zero-order valence-corrected chi connectivity index (χ0v) is 13.6. The Kier molecular flexibility index (Phi) is 6.91. The van der Waals surface area contributed by atoms with E-state index in [9.17, 15) is 13.2 Å². The molecule has 0 aromatic carbocycles. The van der Waals surface area contributed by atoms with Gasteiger partial charge in [0.25, 0.3) is 0 Å². The summed E-state index contributed by atoms with van der Waals surface area (Å²) in [5, 5.41) is 3.17. The van der Waals surface area contributed by atoms with Gasteiger partial charge in [0.1, 0.15) is 0 Å². The molecule has 0 aromatic rings. The lowest BCUT2D eigenvalue weighted by atomic mass is 10.2. The molecule has 1 N–H and O–H groups in total. The summed E-state index contributed by atoms with van der Waals surface area (Å²) in [4.78, 5) is 13.7. The van der Waals surface area contributed by atoms with Crippen molar-refractivity contribution < 1.29 is 13.2 Å². The Morgan fingerprint density at radius 3 is 2.30 bits per heavy atom. The maximum absolute atomic E-state index is 12.0. The summed E-state index contributed by atoms with van der Waals surface area (Å²) < 4.78 is 25.4. The summed E-state index contributed by atoms with van der Waals surface area (Å²) in [6.07, 6.45) is 1.61. The quantitative estimate of drug-likeness (QED) is 0.732. The van der Waals surface area contributed by atoms with E-state index in [4.69, 9.17) is 0 Å². The molecule has 1 aliphatic rings. The van der Waals surface area contributed by atoms with Crippen molar-refractivity contribution in [3.8, 4) is 0 Å². The van der Waals surface area contributed by atoms with Gasteiger partial charge in [-0.15, -0.1) is 0 Å². The third-order valence-electron chi connectivity index (χ3n) is 3.66. The third-order valence-corrected chi connectivity index (χ3v) is 5.74. The van der Waals surface area contributed by atoms with Crippen LogP contribution in [0.25, 0.3) is 0 Å². The number of sulfonamides is 1. The first-order valence-corrected chi connectivity index (χ1v) is 9.00. The zero-order valence-electron chi connectivity index (χ0n) is 12.8. The minimum atomic E-state index is -3.13. The van der Waals surface area contributed by atoms with Gasteiger partial charge in [0.2, 0.25) is 15.9 Å². The lowest BCUT2D eigenvalue weighted by molar-refractivity contribution is -0.131. The molecule has 0 saturated carbocycles. The maximum Gasteiger partial charge on any atom is 0.236 e. The minimum absolute atomic E-state index is 0.0536. The number of carbonyl (C=O) groups excluding carboxylic acids is 1. The summed E-state index contributed by atoms with van der Waals surface area (Å²) in [5.74, 6) is 0.245. The second-order valence-corrected chi connectivity index (χ2v) is 7.37. The van der Waals surface area contributed by atoms with Gasteiger partial charge >= 0.3 is 0 Å². The number of carbonyl (C=O) groups is 1. The zero-order chi connectivity index (χ0) is 15.2. The Balaban J connectivity index is 2.40. The molecule has 1 amide bonds. The van der Waals surface area contributed by atoms with E-state index in [1.54, 1.807) is 4.90 Å². The van der Waals surface area contributed by atoms with Crippen LogP contribution in [0.2, 0.25) is 0 Å². The molecule has 1 heterocycles. The van der Waals surface area contributed by atoms with E-state index in [1.807, 2.05) is 13.8 Å². The van der Waals surface area contributed by atoms with Gasteiger partial charge in [0, 0.05) is 32.2 Å². The molecule has 0 radical (unpaired) electrons.